The van der Waals surface area contributed by atoms with E-state index in [0.29, 0.717) is 12.2 Å². The molecule has 1 atom stereocenters. The van der Waals surface area contributed by atoms with E-state index >= 15 is 0 Å². The van der Waals surface area contributed by atoms with Gasteiger partial charge in [0.2, 0.25) is 5.95 Å². The molecule has 0 saturated carbocycles. The van der Waals surface area contributed by atoms with Crippen LogP contribution in [0.5, 0.6) is 0 Å². The van der Waals surface area contributed by atoms with Crippen molar-refractivity contribution in [3.63, 3.8) is 0 Å². The molecule has 1 unspecified atom stereocenters. The first-order valence-corrected chi connectivity index (χ1v) is 7.25. The van der Waals surface area contributed by atoms with Crippen LogP contribution in [0.3, 0.4) is 0 Å². The first-order chi connectivity index (χ1) is 10.6. The van der Waals surface area contributed by atoms with Gasteiger partial charge in [-0.2, -0.15) is 5.10 Å². The van der Waals surface area contributed by atoms with Crippen molar-refractivity contribution >= 4 is 17.7 Å². The maximum atomic E-state index is 12.3. The average Bonchev–Trinajstić information content (AvgIpc) is 2.92. The number of carbonyl (C=O) groups excluding carboxylic acids is 1. The first-order valence-electron chi connectivity index (χ1n) is 7.25. The summed E-state index contributed by atoms with van der Waals surface area (Å²) in [6.07, 6.45) is 6.99. The lowest BCUT2D eigenvalue weighted by atomic mass is 9.95. The average molecular weight is 301 g/mol. The topological polar surface area (TPSA) is 102 Å². The minimum Gasteiger partial charge on any atom is -0.368 e. The molecule has 0 spiro atoms. The van der Waals surface area contributed by atoms with E-state index in [2.05, 4.69) is 20.4 Å². The Hall–Kier alpha value is -2.64. The lowest BCUT2D eigenvalue weighted by molar-refractivity contribution is 0.192. The van der Waals surface area contributed by atoms with Crippen LogP contribution in [0.25, 0.3) is 0 Å². The number of aromatic nitrogens is 4. The molecule has 1 saturated heterocycles. The van der Waals surface area contributed by atoms with Gasteiger partial charge in [0, 0.05) is 38.4 Å². The zero-order valence-electron chi connectivity index (χ0n) is 12.4. The lowest BCUT2D eigenvalue weighted by Gasteiger charge is -2.32. The third-order valence-electron chi connectivity index (χ3n) is 3.78. The van der Waals surface area contributed by atoms with Crippen LogP contribution >= 0.6 is 0 Å². The number of amides is 2. The molecule has 116 valence electrons. The Morgan fingerprint density at radius 3 is 3.09 bits per heavy atom. The molecule has 0 bridgehead atoms. The van der Waals surface area contributed by atoms with Gasteiger partial charge in [-0.25, -0.2) is 14.8 Å². The third-order valence-corrected chi connectivity index (χ3v) is 3.78. The summed E-state index contributed by atoms with van der Waals surface area (Å²) in [6.45, 7) is 1.37. The highest BCUT2D eigenvalue weighted by Gasteiger charge is 2.26. The molecular formula is C14H19N7O. The van der Waals surface area contributed by atoms with Crippen LogP contribution in [-0.4, -0.2) is 43.8 Å². The summed E-state index contributed by atoms with van der Waals surface area (Å²) in [6, 6.07) is 1.75. The molecule has 0 aliphatic carbocycles. The van der Waals surface area contributed by atoms with Gasteiger partial charge in [0.25, 0.3) is 0 Å². The molecule has 2 aromatic rings. The van der Waals surface area contributed by atoms with Crippen LogP contribution in [-0.2, 0) is 7.05 Å². The second-order valence-electron chi connectivity index (χ2n) is 5.46. The number of hydrogen-bond acceptors (Lipinski definition) is 5. The smallest absolute Gasteiger partial charge is 0.321 e. The van der Waals surface area contributed by atoms with Gasteiger partial charge in [0.1, 0.15) is 0 Å². The van der Waals surface area contributed by atoms with Gasteiger partial charge in [0.05, 0.1) is 17.6 Å². The van der Waals surface area contributed by atoms with Crippen molar-refractivity contribution in [2.75, 3.05) is 24.1 Å². The minimum absolute atomic E-state index is 0.111. The normalized spacial score (nSPS) is 18.2. The molecule has 2 aromatic heterocycles. The van der Waals surface area contributed by atoms with Gasteiger partial charge in [-0.15, -0.1) is 0 Å². The molecule has 22 heavy (non-hydrogen) atoms. The number of nitrogens with two attached hydrogens (primary N) is 1. The Morgan fingerprint density at radius 2 is 2.36 bits per heavy atom. The molecule has 2 amide bonds. The number of nitrogens with zero attached hydrogens (tertiary/aromatic N) is 5. The summed E-state index contributed by atoms with van der Waals surface area (Å²) in [7, 11) is 1.81. The zero-order chi connectivity index (χ0) is 15.5. The first kappa shape index (κ1) is 14.3. The quantitative estimate of drug-likeness (QED) is 0.868. The largest absolute Gasteiger partial charge is 0.368 e. The minimum atomic E-state index is -0.111. The van der Waals surface area contributed by atoms with Crippen molar-refractivity contribution in [2.45, 2.75) is 18.8 Å². The van der Waals surface area contributed by atoms with E-state index in [-0.39, 0.29) is 17.9 Å². The maximum Gasteiger partial charge on any atom is 0.321 e. The molecular weight excluding hydrogens is 282 g/mol. The highest BCUT2D eigenvalue weighted by Crippen LogP contribution is 2.26. The molecule has 0 aromatic carbocycles. The van der Waals surface area contributed by atoms with Gasteiger partial charge in [0.15, 0.2) is 0 Å². The molecule has 1 aliphatic heterocycles. The van der Waals surface area contributed by atoms with Gasteiger partial charge in [-0.05, 0) is 18.9 Å². The number of anilines is 2. The van der Waals surface area contributed by atoms with Crippen LogP contribution < -0.4 is 11.1 Å². The van der Waals surface area contributed by atoms with Gasteiger partial charge >= 0.3 is 6.03 Å². The Morgan fingerprint density at radius 1 is 1.50 bits per heavy atom. The summed E-state index contributed by atoms with van der Waals surface area (Å²) in [5, 5.41) is 6.90. The standard InChI is InChI=1S/C14H19N7O/c1-20-9-11(7-17-20)18-14(22)21-6-2-3-10(8-21)12-4-5-16-13(15)19-12/h4-5,7,9-10H,2-3,6,8H2,1H3,(H,18,22)(H2,15,16,19). The Labute approximate surface area is 128 Å². The van der Waals surface area contributed by atoms with Crippen LogP contribution in [0.2, 0.25) is 0 Å². The fourth-order valence-corrected chi connectivity index (χ4v) is 2.71. The summed E-state index contributed by atoms with van der Waals surface area (Å²) in [5.74, 6) is 0.466. The number of aryl methyl sites for hydroxylation is 1. The van der Waals surface area contributed by atoms with E-state index in [9.17, 15) is 4.79 Å². The molecule has 8 nitrogen and oxygen atoms in total. The summed E-state index contributed by atoms with van der Waals surface area (Å²) in [5.41, 5.74) is 7.23. The maximum absolute atomic E-state index is 12.3. The van der Waals surface area contributed by atoms with Crippen LogP contribution in [0.15, 0.2) is 24.7 Å². The summed E-state index contributed by atoms with van der Waals surface area (Å²) < 4.78 is 1.65. The Bertz CT molecular complexity index is 669. The second-order valence-corrected chi connectivity index (χ2v) is 5.46. The van der Waals surface area contributed by atoms with E-state index in [4.69, 9.17) is 5.73 Å². The third kappa shape index (κ3) is 3.16. The number of nitrogen functional groups attached to an aromatic ring is 1. The van der Waals surface area contributed by atoms with Crippen molar-refractivity contribution in [3.8, 4) is 0 Å². The van der Waals surface area contributed by atoms with E-state index in [1.54, 1.807) is 28.2 Å². The van der Waals surface area contributed by atoms with Crippen LogP contribution in [0, 0.1) is 0 Å². The van der Waals surface area contributed by atoms with Crippen molar-refractivity contribution in [3.05, 3.63) is 30.4 Å². The van der Waals surface area contributed by atoms with Gasteiger partial charge < -0.3 is 16.0 Å². The predicted octanol–water partition coefficient (Wildman–Crippen LogP) is 1.20. The monoisotopic (exact) mass is 301 g/mol. The predicted molar refractivity (Wildman–Crippen MR) is 82.2 cm³/mol. The highest BCUT2D eigenvalue weighted by atomic mass is 16.2. The number of piperidine rings is 1. The molecule has 1 aliphatic rings. The second kappa shape index (κ2) is 6.00. The number of carbonyl (C=O) groups is 1. The molecule has 1 fully saturated rings. The summed E-state index contributed by atoms with van der Waals surface area (Å²) in [4.78, 5) is 22.3. The fourth-order valence-electron chi connectivity index (χ4n) is 2.71. The SMILES string of the molecule is Cn1cc(NC(=O)N2CCCC(c3ccnc(N)n3)C2)cn1. The van der Waals surface area contributed by atoms with Gasteiger partial charge in [-0.1, -0.05) is 0 Å². The highest BCUT2D eigenvalue weighted by molar-refractivity contribution is 5.89. The van der Waals surface area contributed by atoms with Crippen LogP contribution in [0.1, 0.15) is 24.5 Å². The van der Waals surface area contributed by atoms with Crippen molar-refractivity contribution in [2.24, 2.45) is 7.05 Å². The Kier molecular flexibility index (Phi) is 3.90. The van der Waals surface area contributed by atoms with Crippen molar-refractivity contribution in [1.82, 2.24) is 24.6 Å². The van der Waals surface area contributed by atoms with E-state index in [1.807, 2.05) is 13.1 Å². The van der Waals surface area contributed by atoms with Crippen molar-refractivity contribution < 1.29 is 4.79 Å². The van der Waals surface area contributed by atoms with Crippen molar-refractivity contribution in [1.29, 1.82) is 0 Å². The van der Waals surface area contributed by atoms with E-state index < -0.39 is 0 Å². The number of likely N-dealkylation sites (tertiary alicyclic amines) is 1. The van der Waals surface area contributed by atoms with Crippen LogP contribution in [0.4, 0.5) is 16.4 Å². The van der Waals surface area contributed by atoms with E-state index in [1.165, 1.54) is 0 Å². The lowest BCUT2D eigenvalue weighted by Crippen LogP contribution is -2.41. The molecule has 8 heteroatoms. The Balaban J connectivity index is 1.66. The molecule has 3 rings (SSSR count). The van der Waals surface area contributed by atoms with Gasteiger partial charge in [-0.3, -0.25) is 4.68 Å². The summed E-state index contributed by atoms with van der Waals surface area (Å²) >= 11 is 0. The number of urea groups is 1. The fraction of sp³-hybridized carbons (Fsp3) is 0.429. The van der Waals surface area contributed by atoms with E-state index in [0.717, 1.165) is 25.1 Å². The number of hydrogen-bond donors (Lipinski definition) is 2. The molecule has 0 radical (unpaired) electrons. The number of rotatable bonds is 2. The molecule has 3 heterocycles. The zero-order valence-corrected chi connectivity index (χ0v) is 12.4. The number of nitrogens with one attached hydrogen (secondary N) is 1. The molecule has 3 N–H and O–H groups in total.